The van der Waals surface area contributed by atoms with Gasteiger partial charge in [-0.2, -0.15) is 0 Å². The highest BCUT2D eigenvalue weighted by Crippen LogP contribution is 2.22. The van der Waals surface area contributed by atoms with Gasteiger partial charge in [0, 0.05) is 55.9 Å². The Balaban J connectivity index is 1.39. The molecule has 0 bridgehead atoms. The van der Waals surface area contributed by atoms with Crippen molar-refractivity contribution in [1.82, 2.24) is 14.6 Å². The molecule has 1 amide bonds. The van der Waals surface area contributed by atoms with Gasteiger partial charge in [0.2, 0.25) is 5.91 Å². The number of aryl methyl sites for hydroxylation is 2. The fourth-order valence-electron chi connectivity index (χ4n) is 4.04. The van der Waals surface area contributed by atoms with Crippen molar-refractivity contribution >= 4 is 17.7 Å². The predicted molar refractivity (Wildman–Crippen MR) is 125 cm³/mol. The molecule has 1 aliphatic rings. The smallest absolute Gasteiger partial charge is 0.246 e. The summed E-state index contributed by atoms with van der Waals surface area (Å²) < 4.78 is 12.7. The number of amides is 1. The summed E-state index contributed by atoms with van der Waals surface area (Å²) in [5.41, 5.74) is 5.34. The van der Waals surface area contributed by atoms with E-state index in [1.54, 1.807) is 11.0 Å². The highest BCUT2D eigenvalue weighted by molar-refractivity contribution is 5.91. The molecule has 168 valence electrons. The van der Waals surface area contributed by atoms with Crippen LogP contribution in [-0.4, -0.2) is 53.9 Å². The third-order valence-corrected chi connectivity index (χ3v) is 5.83. The van der Waals surface area contributed by atoms with E-state index in [4.69, 9.17) is 9.26 Å². The van der Waals surface area contributed by atoms with Crippen molar-refractivity contribution in [2.24, 2.45) is 0 Å². The topological polar surface area (TPSA) is 63.7 Å². The first-order valence-corrected chi connectivity index (χ1v) is 10.9. The molecule has 0 unspecified atom stereocenters. The molecule has 1 saturated heterocycles. The number of benzene rings is 1. The lowest BCUT2D eigenvalue weighted by molar-refractivity contribution is -0.125. The van der Waals surface area contributed by atoms with Crippen LogP contribution in [0.15, 0.2) is 47.0 Å². The van der Waals surface area contributed by atoms with Crippen LogP contribution in [0, 0.1) is 20.8 Å². The Morgan fingerprint density at radius 1 is 1.12 bits per heavy atom. The molecule has 2 aromatic heterocycles. The maximum absolute atomic E-state index is 12.7. The quantitative estimate of drug-likeness (QED) is 0.551. The van der Waals surface area contributed by atoms with Crippen LogP contribution in [0.25, 0.3) is 11.9 Å². The van der Waals surface area contributed by atoms with Gasteiger partial charge in [0.1, 0.15) is 5.76 Å². The molecule has 0 aliphatic carbocycles. The zero-order valence-electron chi connectivity index (χ0n) is 19.2. The second kappa shape index (κ2) is 9.44. The maximum atomic E-state index is 12.7. The second-order valence-corrected chi connectivity index (χ2v) is 8.25. The van der Waals surface area contributed by atoms with Gasteiger partial charge in [-0.05, 0) is 56.2 Å². The van der Waals surface area contributed by atoms with E-state index in [9.17, 15) is 4.79 Å². The van der Waals surface area contributed by atoms with Crippen molar-refractivity contribution in [2.75, 3.05) is 38.3 Å². The van der Waals surface area contributed by atoms with Crippen LogP contribution in [0.3, 0.4) is 0 Å². The molecule has 0 N–H and O–H groups in total. The first kappa shape index (κ1) is 21.9. The summed E-state index contributed by atoms with van der Waals surface area (Å²) in [7, 11) is 1.82. The number of rotatable bonds is 6. The van der Waals surface area contributed by atoms with Crippen molar-refractivity contribution in [1.29, 1.82) is 0 Å². The summed E-state index contributed by atoms with van der Waals surface area (Å²) in [6, 6.07) is 12.4. The van der Waals surface area contributed by atoms with Gasteiger partial charge in [-0.25, -0.2) is 0 Å². The number of likely N-dealkylation sites (N-methyl/N-ethyl adjacent to an activating group) is 1. The zero-order valence-corrected chi connectivity index (χ0v) is 19.2. The zero-order chi connectivity index (χ0) is 22.7. The van der Waals surface area contributed by atoms with E-state index in [0.29, 0.717) is 6.54 Å². The fraction of sp³-hybridized carbons (Fsp3) is 0.360. The average Bonchev–Trinajstić information content (AvgIpc) is 3.34. The maximum Gasteiger partial charge on any atom is 0.246 e. The molecular formula is C25H30N4O3. The summed E-state index contributed by atoms with van der Waals surface area (Å²) in [5.74, 6) is 1.48. The molecule has 0 atom stereocenters. The standard InChI is InChI=1S/C25H30N4O3/c1-18-15-22(20(3)29(18)24-16-19(2)32-26-24)7-10-25(30)27(4)17-21-5-8-23(9-6-21)28-11-13-31-14-12-28/h5-10,15-16H,11-14,17H2,1-4H3. The minimum absolute atomic E-state index is 0.0376. The molecule has 1 aliphatic heterocycles. The molecule has 1 aromatic carbocycles. The number of ether oxygens (including phenoxy) is 1. The number of carbonyl (C=O) groups is 1. The van der Waals surface area contributed by atoms with Gasteiger partial charge in [0.25, 0.3) is 0 Å². The summed E-state index contributed by atoms with van der Waals surface area (Å²) in [6.45, 7) is 9.83. The van der Waals surface area contributed by atoms with Crippen LogP contribution in [0.5, 0.6) is 0 Å². The van der Waals surface area contributed by atoms with E-state index in [1.165, 1.54) is 5.69 Å². The van der Waals surface area contributed by atoms with Gasteiger partial charge in [-0.3, -0.25) is 9.36 Å². The Hall–Kier alpha value is -3.32. The summed E-state index contributed by atoms with van der Waals surface area (Å²) in [4.78, 5) is 16.7. The normalized spacial score (nSPS) is 14.3. The monoisotopic (exact) mass is 434 g/mol. The van der Waals surface area contributed by atoms with Crippen molar-refractivity contribution in [3.05, 3.63) is 70.7 Å². The van der Waals surface area contributed by atoms with Crippen molar-refractivity contribution in [2.45, 2.75) is 27.3 Å². The molecule has 32 heavy (non-hydrogen) atoms. The highest BCUT2D eigenvalue weighted by Gasteiger charge is 2.14. The molecule has 7 heteroatoms. The SMILES string of the molecule is Cc1cc(-n2c(C)cc(C=CC(=O)N(C)Cc3ccc(N4CCOCC4)cc3)c2C)no1. The minimum Gasteiger partial charge on any atom is -0.378 e. The van der Waals surface area contributed by atoms with Crippen molar-refractivity contribution in [3.63, 3.8) is 0 Å². The van der Waals surface area contributed by atoms with Crippen LogP contribution in [0.4, 0.5) is 5.69 Å². The van der Waals surface area contributed by atoms with E-state index in [-0.39, 0.29) is 5.91 Å². The Morgan fingerprint density at radius 3 is 2.50 bits per heavy atom. The van der Waals surface area contributed by atoms with E-state index >= 15 is 0 Å². The Labute approximate surface area is 188 Å². The van der Waals surface area contributed by atoms with Crippen molar-refractivity contribution in [3.8, 4) is 5.82 Å². The lowest BCUT2D eigenvalue weighted by Gasteiger charge is -2.29. The third kappa shape index (κ3) is 4.78. The Kier molecular flexibility index (Phi) is 6.46. The Bertz CT molecular complexity index is 1100. The van der Waals surface area contributed by atoms with Gasteiger partial charge < -0.3 is 19.1 Å². The molecule has 0 radical (unpaired) electrons. The van der Waals surface area contributed by atoms with Gasteiger partial charge in [-0.1, -0.05) is 17.3 Å². The molecule has 4 rings (SSSR count). The van der Waals surface area contributed by atoms with E-state index < -0.39 is 0 Å². The molecule has 0 saturated carbocycles. The number of carbonyl (C=O) groups excluding carboxylic acids is 1. The lowest BCUT2D eigenvalue weighted by atomic mass is 10.1. The number of anilines is 1. The van der Waals surface area contributed by atoms with Gasteiger partial charge in [0.15, 0.2) is 5.82 Å². The molecule has 3 aromatic rings. The third-order valence-electron chi connectivity index (χ3n) is 5.83. The largest absolute Gasteiger partial charge is 0.378 e. The number of nitrogens with zero attached hydrogens (tertiary/aromatic N) is 4. The highest BCUT2D eigenvalue weighted by atomic mass is 16.5. The molecule has 3 heterocycles. The predicted octanol–water partition coefficient (Wildman–Crippen LogP) is 3.90. The van der Waals surface area contributed by atoms with Crippen LogP contribution < -0.4 is 4.90 Å². The van der Waals surface area contributed by atoms with Crippen LogP contribution in [0.2, 0.25) is 0 Å². The summed E-state index contributed by atoms with van der Waals surface area (Å²) in [6.07, 6.45) is 3.49. The minimum atomic E-state index is -0.0376. The Morgan fingerprint density at radius 2 is 1.84 bits per heavy atom. The van der Waals surface area contributed by atoms with Gasteiger partial charge in [0.05, 0.1) is 13.2 Å². The first-order chi connectivity index (χ1) is 15.4. The average molecular weight is 435 g/mol. The van der Waals surface area contributed by atoms with E-state index in [1.807, 2.05) is 50.6 Å². The second-order valence-electron chi connectivity index (χ2n) is 8.25. The molecule has 0 spiro atoms. The van der Waals surface area contributed by atoms with E-state index in [0.717, 1.165) is 60.4 Å². The fourth-order valence-corrected chi connectivity index (χ4v) is 4.04. The van der Waals surface area contributed by atoms with Crippen LogP contribution in [-0.2, 0) is 16.1 Å². The molecular weight excluding hydrogens is 404 g/mol. The molecule has 1 fully saturated rings. The molecule has 7 nitrogen and oxygen atoms in total. The van der Waals surface area contributed by atoms with Gasteiger partial charge >= 0.3 is 0 Å². The van der Waals surface area contributed by atoms with Crippen LogP contribution >= 0.6 is 0 Å². The van der Waals surface area contributed by atoms with Crippen molar-refractivity contribution < 1.29 is 14.1 Å². The number of morpholine rings is 1. The lowest BCUT2D eigenvalue weighted by Crippen LogP contribution is -2.36. The van der Waals surface area contributed by atoms with Crippen LogP contribution in [0.1, 0.15) is 28.3 Å². The van der Waals surface area contributed by atoms with Gasteiger partial charge in [-0.15, -0.1) is 0 Å². The number of hydrogen-bond acceptors (Lipinski definition) is 5. The number of hydrogen-bond donors (Lipinski definition) is 0. The first-order valence-electron chi connectivity index (χ1n) is 10.9. The van der Waals surface area contributed by atoms with E-state index in [2.05, 4.69) is 34.3 Å². The summed E-state index contributed by atoms with van der Waals surface area (Å²) in [5, 5.41) is 4.11. The summed E-state index contributed by atoms with van der Waals surface area (Å²) >= 11 is 0. The number of aromatic nitrogens is 2.